The maximum atomic E-state index is 13.0. The lowest BCUT2D eigenvalue weighted by Gasteiger charge is -2.26. The second kappa shape index (κ2) is 5.87. The highest BCUT2D eigenvalue weighted by molar-refractivity contribution is 7.15. The van der Waals surface area contributed by atoms with E-state index in [-0.39, 0.29) is 11.6 Å². The number of hydrogen-bond donors (Lipinski definition) is 3. The summed E-state index contributed by atoms with van der Waals surface area (Å²) in [6, 6.07) is 3.88. The van der Waals surface area contributed by atoms with Crippen molar-refractivity contribution in [1.29, 1.82) is 0 Å². The van der Waals surface area contributed by atoms with E-state index < -0.39 is 5.82 Å². The van der Waals surface area contributed by atoms with E-state index in [1.807, 2.05) is 5.01 Å². The van der Waals surface area contributed by atoms with E-state index in [4.69, 9.17) is 0 Å². The first-order valence-corrected chi connectivity index (χ1v) is 7.62. The minimum atomic E-state index is -0.483. The molecule has 0 bridgehead atoms. The summed E-state index contributed by atoms with van der Waals surface area (Å²) in [6.07, 6.45) is 2.54. The Morgan fingerprint density at radius 1 is 1.33 bits per heavy atom. The summed E-state index contributed by atoms with van der Waals surface area (Å²) < 4.78 is 13.0. The Morgan fingerprint density at radius 2 is 2.19 bits per heavy atom. The van der Waals surface area contributed by atoms with E-state index in [2.05, 4.69) is 10.4 Å². The van der Waals surface area contributed by atoms with Crippen molar-refractivity contribution in [2.45, 2.75) is 19.3 Å². The van der Waals surface area contributed by atoms with Crippen LogP contribution in [0.3, 0.4) is 0 Å². The Balaban J connectivity index is 1.80. The first-order valence-electron chi connectivity index (χ1n) is 6.80. The first kappa shape index (κ1) is 14.1. The molecule has 1 aromatic carbocycles. The van der Waals surface area contributed by atoms with Crippen LogP contribution in [0.5, 0.6) is 11.6 Å². The summed E-state index contributed by atoms with van der Waals surface area (Å²) in [5, 5.41) is 22.3. The first-order chi connectivity index (χ1) is 10.1. The van der Waals surface area contributed by atoms with Gasteiger partial charge in [0.05, 0.1) is 4.88 Å². The number of halogens is 1. The summed E-state index contributed by atoms with van der Waals surface area (Å²) in [4.78, 5) is 4.81. The molecule has 1 aliphatic heterocycles. The molecule has 1 aliphatic rings. The molecular formula is C14H16FN3O2S. The highest BCUT2D eigenvalue weighted by Crippen LogP contribution is 2.34. The van der Waals surface area contributed by atoms with Crippen LogP contribution < -0.4 is 10.4 Å². The number of thiazole rings is 1. The van der Waals surface area contributed by atoms with Gasteiger partial charge in [0.25, 0.3) is 0 Å². The number of benzene rings is 1. The highest BCUT2D eigenvalue weighted by Gasteiger charge is 2.18. The second-order valence-electron chi connectivity index (χ2n) is 4.96. The number of nitrogens with one attached hydrogen (secondary N) is 1. The largest absolute Gasteiger partial charge is 0.508 e. The summed E-state index contributed by atoms with van der Waals surface area (Å²) in [6.45, 7) is 1.75. The van der Waals surface area contributed by atoms with E-state index in [1.165, 1.54) is 23.5 Å². The van der Waals surface area contributed by atoms with E-state index >= 15 is 0 Å². The predicted octanol–water partition coefficient (Wildman–Crippen LogP) is 2.39. The Hall–Kier alpha value is -1.86. The molecular weight excluding hydrogens is 293 g/mol. The van der Waals surface area contributed by atoms with Gasteiger partial charge in [-0.1, -0.05) is 17.4 Å². The lowest BCUT2D eigenvalue weighted by Crippen LogP contribution is -2.43. The quantitative estimate of drug-likeness (QED) is 0.812. The molecule has 0 unspecified atom stereocenters. The average Bonchev–Trinajstić information content (AvgIpc) is 2.84. The number of phenolic OH excluding ortho intramolecular Hbond substituents is 1. The standard InChI is InChI=1S/C14H16FN3O2S/c15-10-4-3-9(11(19)8-10)7-12-13(20)17-14(21-12)18-6-2-1-5-16-18/h3-4,8,16,19-20H,1-2,5-7H2. The second-order valence-corrected chi connectivity index (χ2v) is 6.02. The lowest BCUT2D eigenvalue weighted by atomic mass is 10.1. The smallest absolute Gasteiger partial charge is 0.227 e. The monoisotopic (exact) mass is 309 g/mol. The van der Waals surface area contributed by atoms with Crippen molar-refractivity contribution in [3.05, 3.63) is 34.5 Å². The van der Waals surface area contributed by atoms with Gasteiger partial charge in [-0.3, -0.25) is 5.01 Å². The molecule has 21 heavy (non-hydrogen) atoms. The topological polar surface area (TPSA) is 68.6 Å². The van der Waals surface area contributed by atoms with Gasteiger partial charge in [-0.15, -0.1) is 0 Å². The van der Waals surface area contributed by atoms with Gasteiger partial charge >= 0.3 is 0 Å². The van der Waals surface area contributed by atoms with Gasteiger partial charge in [-0.2, -0.15) is 4.98 Å². The highest BCUT2D eigenvalue weighted by atomic mass is 32.1. The third-order valence-electron chi connectivity index (χ3n) is 3.41. The fourth-order valence-corrected chi connectivity index (χ4v) is 3.26. The lowest BCUT2D eigenvalue weighted by molar-refractivity contribution is 0.447. The number of hydrazine groups is 1. The molecule has 2 heterocycles. The van der Waals surface area contributed by atoms with Crippen LogP contribution >= 0.6 is 11.3 Å². The minimum absolute atomic E-state index is 0.0360. The molecule has 3 rings (SSSR count). The Kier molecular flexibility index (Phi) is 3.94. The van der Waals surface area contributed by atoms with Gasteiger partial charge in [0.2, 0.25) is 11.0 Å². The van der Waals surface area contributed by atoms with Gasteiger partial charge in [0, 0.05) is 25.6 Å². The number of aromatic nitrogens is 1. The van der Waals surface area contributed by atoms with Gasteiger partial charge in [0.15, 0.2) is 0 Å². The van der Waals surface area contributed by atoms with Crippen molar-refractivity contribution in [1.82, 2.24) is 10.4 Å². The third kappa shape index (κ3) is 3.08. The van der Waals surface area contributed by atoms with Crippen molar-refractivity contribution >= 4 is 16.5 Å². The van der Waals surface area contributed by atoms with Crippen LogP contribution in [-0.4, -0.2) is 28.3 Å². The average molecular weight is 309 g/mol. The molecule has 2 aromatic rings. The van der Waals surface area contributed by atoms with Crippen LogP contribution in [0.2, 0.25) is 0 Å². The molecule has 0 saturated carbocycles. The molecule has 7 heteroatoms. The number of rotatable bonds is 3. The minimum Gasteiger partial charge on any atom is -0.508 e. The van der Waals surface area contributed by atoms with E-state index in [0.29, 0.717) is 22.0 Å². The number of aromatic hydroxyl groups is 2. The van der Waals surface area contributed by atoms with Crippen LogP contribution in [-0.2, 0) is 6.42 Å². The number of nitrogens with zero attached hydrogens (tertiary/aromatic N) is 2. The normalized spacial score (nSPS) is 15.4. The zero-order valence-electron chi connectivity index (χ0n) is 11.3. The molecule has 3 N–H and O–H groups in total. The van der Waals surface area contributed by atoms with Gasteiger partial charge in [-0.25, -0.2) is 9.82 Å². The maximum Gasteiger partial charge on any atom is 0.227 e. The Morgan fingerprint density at radius 3 is 2.90 bits per heavy atom. The molecule has 5 nitrogen and oxygen atoms in total. The van der Waals surface area contributed by atoms with Gasteiger partial charge in [0.1, 0.15) is 11.6 Å². The summed E-state index contributed by atoms with van der Waals surface area (Å²) in [5.41, 5.74) is 3.79. The van der Waals surface area contributed by atoms with Crippen molar-refractivity contribution in [3.8, 4) is 11.6 Å². The summed E-state index contributed by atoms with van der Waals surface area (Å²) in [5.74, 6) is -0.630. The summed E-state index contributed by atoms with van der Waals surface area (Å²) in [7, 11) is 0. The molecule has 1 aromatic heterocycles. The molecule has 0 aliphatic carbocycles. The molecule has 0 amide bonds. The zero-order valence-corrected chi connectivity index (χ0v) is 12.2. The van der Waals surface area contributed by atoms with E-state index in [9.17, 15) is 14.6 Å². The van der Waals surface area contributed by atoms with Crippen molar-refractivity contribution in [2.75, 3.05) is 18.1 Å². The molecule has 0 radical (unpaired) electrons. The molecule has 1 saturated heterocycles. The SMILES string of the molecule is Oc1cc(F)ccc1Cc1sc(N2CCCCN2)nc1O. The van der Waals surface area contributed by atoms with Crippen LogP contribution in [0, 0.1) is 5.82 Å². The van der Waals surface area contributed by atoms with Crippen LogP contribution in [0.4, 0.5) is 9.52 Å². The van der Waals surface area contributed by atoms with Crippen LogP contribution in [0.25, 0.3) is 0 Å². The van der Waals surface area contributed by atoms with Crippen LogP contribution in [0.1, 0.15) is 23.3 Å². The van der Waals surface area contributed by atoms with Gasteiger partial charge < -0.3 is 10.2 Å². The van der Waals surface area contributed by atoms with Gasteiger partial charge in [-0.05, 0) is 24.5 Å². The van der Waals surface area contributed by atoms with Crippen molar-refractivity contribution in [3.63, 3.8) is 0 Å². The fourth-order valence-electron chi connectivity index (χ4n) is 2.27. The van der Waals surface area contributed by atoms with Crippen molar-refractivity contribution in [2.24, 2.45) is 0 Å². The van der Waals surface area contributed by atoms with Crippen LogP contribution in [0.15, 0.2) is 18.2 Å². The molecule has 112 valence electrons. The Labute approximate surface area is 125 Å². The molecule has 1 fully saturated rings. The van der Waals surface area contributed by atoms with E-state index in [1.54, 1.807) is 0 Å². The Bertz CT molecular complexity index is 641. The number of anilines is 1. The third-order valence-corrected chi connectivity index (χ3v) is 4.47. The molecule has 0 atom stereocenters. The summed E-state index contributed by atoms with van der Waals surface area (Å²) >= 11 is 1.37. The number of phenols is 1. The predicted molar refractivity (Wildman–Crippen MR) is 79.2 cm³/mol. The van der Waals surface area contributed by atoms with Crippen molar-refractivity contribution < 1.29 is 14.6 Å². The van der Waals surface area contributed by atoms with E-state index in [0.717, 1.165) is 32.0 Å². The number of hydrogen-bond acceptors (Lipinski definition) is 6. The fraction of sp³-hybridized carbons (Fsp3) is 0.357. The maximum absolute atomic E-state index is 13.0. The zero-order chi connectivity index (χ0) is 14.8. The molecule has 0 spiro atoms.